The molecule has 3 rings (SSSR count). The number of nitrogens with zero attached hydrogens (tertiary/aromatic N) is 2. The van der Waals surface area contributed by atoms with Gasteiger partial charge < -0.3 is 14.7 Å². The van der Waals surface area contributed by atoms with Crippen molar-refractivity contribution in [1.29, 1.82) is 0 Å². The molecular weight excluding hydrogens is 309 g/mol. The maximum atomic E-state index is 12.9. The lowest BCUT2D eigenvalue weighted by Gasteiger charge is -2.21. The fourth-order valence-corrected chi connectivity index (χ4v) is 3.13. The SMILES string of the molecule is OCC1(CN2CC[C@H](COc3ncccc3C(F)(F)F)C2)CC1. The number of rotatable bonds is 6. The Labute approximate surface area is 133 Å². The molecule has 2 heterocycles. The Balaban J connectivity index is 1.52. The quantitative estimate of drug-likeness (QED) is 0.871. The molecule has 128 valence electrons. The smallest absolute Gasteiger partial charge is 0.421 e. The van der Waals surface area contributed by atoms with Gasteiger partial charge in [-0.1, -0.05) is 0 Å². The van der Waals surface area contributed by atoms with E-state index in [2.05, 4.69) is 9.88 Å². The number of aromatic nitrogens is 1. The van der Waals surface area contributed by atoms with Crippen molar-refractivity contribution in [2.75, 3.05) is 32.8 Å². The highest BCUT2D eigenvalue weighted by Gasteiger charge is 2.44. The molecule has 23 heavy (non-hydrogen) atoms. The van der Waals surface area contributed by atoms with Crippen LogP contribution in [-0.4, -0.2) is 47.8 Å². The second-order valence-corrected chi connectivity index (χ2v) is 6.71. The van der Waals surface area contributed by atoms with E-state index >= 15 is 0 Å². The van der Waals surface area contributed by atoms with E-state index in [-0.39, 0.29) is 30.4 Å². The first-order chi connectivity index (χ1) is 10.9. The second-order valence-electron chi connectivity index (χ2n) is 6.71. The summed E-state index contributed by atoms with van der Waals surface area (Å²) >= 11 is 0. The Hall–Kier alpha value is -1.34. The number of ether oxygens (including phenoxy) is 1. The molecule has 0 amide bonds. The summed E-state index contributed by atoms with van der Waals surface area (Å²) in [7, 11) is 0. The van der Waals surface area contributed by atoms with Crippen LogP contribution in [0.25, 0.3) is 0 Å². The average Bonchev–Trinajstić information content (AvgIpc) is 3.15. The fraction of sp³-hybridized carbons (Fsp3) is 0.688. The van der Waals surface area contributed by atoms with Crippen LogP contribution >= 0.6 is 0 Å². The summed E-state index contributed by atoms with van der Waals surface area (Å²) in [4.78, 5) is 6.00. The lowest BCUT2D eigenvalue weighted by molar-refractivity contribution is -0.139. The Morgan fingerprint density at radius 3 is 2.83 bits per heavy atom. The summed E-state index contributed by atoms with van der Waals surface area (Å²) in [5, 5.41) is 9.38. The highest BCUT2D eigenvalue weighted by Crippen LogP contribution is 2.46. The van der Waals surface area contributed by atoms with Gasteiger partial charge >= 0.3 is 6.18 Å². The zero-order chi connectivity index (χ0) is 16.5. The standard InChI is InChI=1S/C16H21F3N2O2/c17-16(18,19)13-2-1-6-20-14(13)23-9-12-3-7-21(8-12)10-15(11-22)4-5-15/h1-2,6,12,22H,3-5,7-11H2/t12-/m0/s1. The maximum absolute atomic E-state index is 12.9. The van der Waals surface area contributed by atoms with Gasteiger partial charge in [0, 0.05) is 37.2 Å². The Bertz CT molecular complexity index is 546. The van der Waals surface area contributed by atoms with E-state index < -0.39 is 11.7 Å². The van der Waals surface area contributed by atoms with E-state index in [1.165, 1.54) is 12.3 Å². The van der Waals surface area contributed by atoms with Crippen LogP contribution in [0.15, 0.2) is 18.3 Å². The van der Waals surface area contributed by atoms with Crippen LogP contribution in [0.2, 0.25) is 0 Å². The van der Waals surface area contributed by atoms with Gasteiger partial charge in [-0.15, -0.1) is 0 Å². The minimum Gasteiger partial charge on any atom is -0.477 e. The summed E-state index contributed by atoms with van der Waals surface area (Å²) in [6, 6.07) is 2.25. The highest BCUT2D eigenvalue weighted by molar-refractivity contribution is 5.28. The topological polar surface area (TPSA) is 45.6 Å². The van der Waals surface area contributed by atoms with Gasteiger partial charge in [-0.25, -0.2) is 4.98 Å². The number of likely N-dealkylation sites (tertiary alicyclic amines) is 1. The lowest BCUT2D eigenvalue weighted by Crippen LogP contribution is -2.31. The van der Waals surface area contributed by atoms with E-state index in [1.807, 2.05) is 0 Å². The zero-order valence-corrected chi connectivity index (χ0v) is 12.9. The molecule has 7 heteroatoms. The predicted molar refractivity (Wildman–Crippen MR) is 78.0 cm³/mol. The highest BCUT2D eigenvalue weighted by atomic mass is 19.4. The normalized spacial score (nSPS) is 23.9. The molecule has 0 bridgehead atoms. The van der Waals surface area contributed by atoms with Crippen molar-refractivity contribution in [1.82, 2.24) is 9.88 Å². The summed E-state index contributed by atoms with van der Waals surface area (Å²) in [5.41, 5.74) is -0.757. The van der Waals surface area contributed by atoms with Crippen LogP contribution in [0.3, 0.4) is 0 Å². The maximum Gasteiger partial charge on any atom is 0.421 e. The summed E-state index contributed by atoms with van der Waals surface area (Å²) < 4.78 is 44.0. The van der Waals surface area contributed by atoms with Crippen molar-refractivity contribution in [2.24, 2.45) is 11.3 Å². The van der Waals surface area contributed by atoms with Crippen LogP contribution in [0, 0.1) is 11.3 Å². The van der Waals surface area contributed by atoms with E-state index in [0.29, 0.717) is 0 Å². The molecule has 1 aliphatic carbocycles. The van der Waals surface area contributed by atoms with E-state index in [0.717, 1.165) is 45.0 Å². The van der Waals surface area contributed by atoms with Crippen molar-refractivity contribution in [3.05, 3.63) is 23.9 Å². The van der Waals surface area contributed by atoms with Crippen molar-refractivity contribution < 1.29 is 23.0 Å². The molecule has 1 aromatic heterocycles. The van der Waals surface area contributed by atoms with Gasteiger partial charge in [0.2, 0.25) is 5.88 Å². The van der Waals surface area contributed by atoms with Crippen LogP contribution in [-0.2, 0) is 6.18 Å². The fourth-order valence-electron chi connectivity index (χ4n) is 3.13. The lowest BCUT2D eigenvalue weighted by atomic mass is 10.1. The molecule has 0 spiro atoms. The minimum atomic E-state index is -4.45. The van der Waals surface area contributed by atoms with Gasteiger partial charge in [-0.2, -0.15) is 13.2 Å². The molecule has 1 saturated carbocycles. The van der Waals surface area contributed by atoms with Crippen LogP contribution in [0.4, 0.5) is 13.2 Å². The average molecular weight is 330 g/mol. The molecule has 0 unspecified atom stereocenters. The molecule has 0 aromatic carbocycles. The summed E-state index contributed by atoms with van der Waals surface area (Å²) in [5.74, 6) is -0.139. The van der Waals surface area contributed by atoms with E-state index in [4.69, 9.17) is 4.74 Å². The molecule has 1 N–H and O–H groups in total. The molecule has 4 nitrogen and oxygen atoms in total. The first-order valence-electron chi connectivity index (χ1n) is 7.90. The number of hydrogen-bond acceptors (Lipinski definition) is 4. The van der Waals surface area contributed by atoms with Crippen molar-refractivity contribution in [3.8, 4) is 5.88 Å². The van der Waals surface area contributed by atoms with Gasteiger partial charge in [0.05, 0.1) is 6.61 Å². The van der Waals surface area contributed by atoms with E-state index in [9.17, 15) is 18.3 Å². The second kappa shape index (κ2) is 6.28. The van der Waals surface area contributed by atoms with Gasteiger partial charge in [0.25, 0.3) is 0 Å². The summed E-state index contributed by atoms with van der Waals surface area (Å²) in [6.07, 6.45) is -0.127. The molecule has 1 atom stereocenters. The van der Waals surface area contributed by atoms with E-state index in [1.54, 1.807) is 0 Å². The number of alkyl halides is 3. The molecule has 1 saturated heterocycles. The number of pyridine rings is 1. The van der Waals surface area contributed by atoms with Crippen LogP contribution in [0.5, 0.6) is 5.88 Å². The molecular formula is C16H21F3N2O2. The van der Waals surface area contributed by atoms with Crippen LogP contribution < -0.4 is 4.74 Å². The van der Waals surface area contributed by atoms with Crippen molar-refractivity contribution in [2.45, 2.75) is 25.4 Å². The first kappa shape index (κ1) is 16.5. The van der Waals surface area contributed by atoms with Gasteiger partial charge in [-0.05, 0) is 37.9 Å². The third-order valence-corrected chi connectivity index (χ3v) is 4.75. The molecule has 2 fully saturated rings. The van der Waals surface area contributed by atoms with Gasteiger partial charge in [-0.3, -0.25) is 0 Å². The largest absolute Gasteiger partial charge is 0.477 e. The zero-order valence-electron chi connectivity index (χ0n) is 12.9. The number of aliphatic hydroxyl groups is 1. The Morgan fingerprint density at radius 1 is 1.39 bits per heavy atom. The Kier molecular flexibility index (Phi) is 4.51. The first-order valence-corrected chi connectivity index (χ1v) is 7.90. The molecule has 1 aliphatic heterocycles. The van der Waals surface area contributed by atoms with Gasteiger partial charge in [0.15, 0.2) is 0 Å². The number of hydrogen-bond donors (Lipinski definition) is 1. The molecule has 1 aromatic rings. The van der Waals surface area contributed by atoms with Crippen LogP contribution in [0.1, 0.15) is 24.8 Å². The Morgan fingerprint density at radius 2 is 2.17 bits per heavy atom. The monoisotopic (exact) mass is 330 g/mol. The third kappa shape index (κ3) is 3.95. The van der Waals surface area contributed by atoms with Crippen molar-refractivity contribution in [3.63, 3.8) is 0 Å². The number of halogens is 3. The molecule has 2 aliphatic rings. The third-order valence-electron chi connectivity index (χ3n) is 4.75. The van der Waals surface area contributed by atoms with Gasteiger partial charge in [0.1, 0.15) is 5.56 Å². The molecule has 0 radical (unpaired) electrons. The number of aliphatic hydroxyl groups excluding tert-OH is 1. The van der Waals surface area contributed by atoms with Crippen molar-refractivity contribution >= 4 is 0 Å². The summed E-state index contributed by atoms with van der Waals surface area (Å²) in [6.45, 7) is 3.04. The predicted octanol–water partition coefficient (Wildman–Crippen LogP) is 2.57. The minimum absolute atomic E-state index is 0.0696.